The van der Waals surface area contributed by atoms with Crippen molar-refractivity contribution in [2.45, 2.75) is 46.1 Å². The van der Waals surface area contributed by atoms with Gasteiger partial charge in [-0.3, -0.25) is 0 Å². The third-order valence-corrected chi connectivity index (χ3v) is 3.58. The summed E-state index contributed by atoms with van der Waals surface area (Å²) in [6, 6.07) is 4.06. The normalized spacial score (nSPS) is 29.4. The maximum Gasteiger partial charge on any atom is 0.104 e. The van der Waals surface area contributed by atoms with Gasteiger partial charge in [0.2, 0.25) is 0 Å². The van der Waals surface area contributed by atoms with Gasteiger partial charge < -0.3 is 9.73 Å². The smallest absolute Gasteiger partial charge is 0.104 e. The van der Waals surface area contributed by atoms with E-state index in [1.54, 1.807) is 6.26 Å². The molecule has 2 heteroatoms. The minimum absolute atomic E-state index is 0.230. The third-order valence-electron chi connectivity index (χ3n) is 3.58. The Hall–Kier alpha value is -0.760. The van der Waals surface area contributed by atoms with Gasteiger partial charge in [-0.25, -0.2) is 0 Å². The van der Waals surface area contributed by atoms with Crippen molar-refractivity contribution < 1.29 is 4.42 Å². The predicted octanol–water partition coefficient (Wildman–Crippen LogP) is 3.24. The number of rotatable bonds is 4. The highest BCUT2D eigenvalue weighted by molar-refractivity contribution is 5.09. The molecule has 90 valence electrons. The second-order valence-corrected chi connectivity index (χ2v) is 6.44. The maximum atomic E-state index is 5.42. The lowest BCUT2D eigenvalue weighted by Crippen LogP contribution is -2.37. The Labute approximate surface area is 98.4 Å². The third kappa shape index (κ3) is 2.88. The van der Waals surface area contributed by atoms with Gasteiger partial charge >= 0.3 is 0 Å². The molecule has 1 N–H and O–H groups in total. The molecule has 1 aliphatic rings. The van der Waals surface area contributed by atoms with Gasteiger partial charge in [0.25, 0.3) is 0 Å². The largest absolute Gasteiger partial charge is 0.469 e. The van der Waals surface area contributed by atoms with E-state index in [-0.39, 0.29) is 5.54 Å². The van der Waals surface area contributed by atoms with Gasteiger partial charge in [-0.15, -0.1) is 0 Å². The molecule has 0 radical (unpaired) electrons. The Balaban J connectivity index is 1.80. The zero-order valence-electron chi connectivity index (χ0n) is 10.8. The molecule has 1 aromatic heterocycles. The molecule has 1 saturated carbocycles. The monoisotopic (exact) mass is 221 g/mol. The summed E-state index contributed by atoms with van der Waals surface area (Å²) in [7, 11) is 0. The lowest BCUT2D eigenvalue weighted by molar-refractivity contribution is 0.373. The van der Waals surface area contributed by atoms with Crippen LogP contribution in [-0.2, 0) is 6.42 Å². The van der Waals surface area contributed by atoms with Crippen molar-refractivity contribution in [1.29, 1.82) is 0 Å². The molecule has 2 nitrogen and oxygen atoms in total. The Morgan fingerprint density at radius 3 is 2.81 bits per heavy atom. The van der Waals surface area contributed by atoms with Crippen LogP contribution in [-0.4, -0.2) is 12.1 Å². The molecule has 1 fully saturated rings. The second-order valence-electron chi connectivity index (χ2n) is 6.44. The molecule has 0 spiro atoms. The van der Waals surface area contributed by atoms with Crippen molar-refractivity contribution in [2.24, 2.45) is 11.3 Å². The van der Waals surface area contributed by atoms with E-state index in [0.29, 0.717) is 5.41 Å². The number of furan rings is 1. The number of hydrogen-bond donors (Lipinski definition) is 1. The van der Waals surface area contributed by atoms with E-state index in [4.69, 9.17) is 4.42 Å². The van der Waals surface area contributed by atoms with Crippen molar-refractivity contribution in [3.8, 4) is 0 Å². The molecule has 0 aliphatic heterocycles. The van der Waals surface area contributed by atoms with Crippen molar-refractivity contribution in [3.63, 3.8) is 0 Å². The molecule has 0 bridgehead atoms. The highest BCUT2D eigenvalue weighted by Gasteiger charge is 2.49. The highest BCUT2D eigenvalue weighted by atomic mass is 16.3. The van der Waals surface area contributed by atoms with Crippen LogP contribution in [0.1, 0.15) is 39.9 Å². The van der Waals surface area contributed by atoms with Gasteiger partial charge in [0, 0.05) is 12.0 Å². The lowest BCUT2D eigenvalue weighted by atomic mass is 9.99. The fourth-order valence-electron chi connectivity index (χ4n) is 2.28. The van der Waals surface area contributed by atoms with Crippen LogP contribution >= 0.6 is 0 Å². The lowest BCUT2D eigenvalue weighted by Gasteiger charge is -2.21. The van der Waals surface area contributed by atoms with Crippen LogP contribution in [0.15, 0.2) is 22.8 Å². The summed E-state index contributed by atoms with van der Waals surface area (Å²) in [6.07, 6.45) is 4.16. The molecule has 1 aliphatic carbocycles. The van der Waals surface area contributed by atoms with Crippen LogP contribution in [0.25, 0.3) is 0 Å². The van der Waals surface area contributed by atoms with E-state index in [2.05, 4.69) is 39.1 Å². The average Bonchev–Trinajstić information content (AvgIpc) is 2.59. The van der Waals surface area contributed by atoms with Crippen LogP contribution in [0, 0.1) is 11.3 Å². The molecule has 0 saturated heterocycles. The molecule has 0 aromatic carbocycles. The highest BCUT2D eigenvalue weighted by Crippen LogP contribution is 2.54. The first-order chi connectivity index (χ1) is 7.39. The zero-order valence-corrected chi connectivity index (χ0v) is 10.8. The van der Waals surface area contributed by atoms with Crippen LogP contribution in [0.3, 0.4) is 0 Å². The first-order valence-electron chi connectivity index (χ1n) is 6.16. The summed E-state index contributed by atoms with van der Waals surface area (Å²) in [4.78, 5) is 0. The van der Waals surface area contributed by atoms with Gasteiger partial charge in [-0.05, 0) is 57.2 Å². The van der Waals surface area contributed by atoms with E-state index in [0.717, 1.165) is 24.6 Å². The summed E-state index contributed by atoms with van der Waals surface area (Å²) >= 11 is 0. The molecule has 2 unspecified atom stereocenters. The van der Waals surface area contributed by atoms with E-state index < -0.39 is 0 Å². The van der Waals surface area contributed by atoms with Gasteiger partial charge in [0.15, 0.2) is 0 Å². The Bertz CT molecular complexity index is 336. The van der Waals surface area contributed by atoms with E-state index in [1.165, 1.54) is 6.42 Å². The standard InChI is InChI=1S/C14H23NO/c1-13(2,3)15-10-11-8-14(11,4)9-12-6-5-7-16-12/h5-7,11,15H,8-10H2,1-4H3. The van der Waals surface area contributed by atoms with Crippen molar-refractivity contribution in [2.75, 3.05) is 6.54 Å². The maximum absolute atomic E-state index is 5.42. The van der Waals surface area contributed by atoms with E-state index >= 15 is 0 Å². The molecule has 16 heavy (non-hydrogen) atoms. The molecule has 2 atom stereocenters. The Morgan fingerprint density at radius 1 is 1.50 bits per heavy atom. The zero-order chi connectivity index (χ0) is 11.8. The fourth-order valence-corrected chi connectivity index (χ4v) is 2.28. The van der Waals surface area contributed by atoms with Gasteiger partial charge in [0.1, 0.15) is 5.76 Å². The molecular formula is C14H23NO. The first-order valence-corrected chi connectivity index (χ1v) is 6.16. The minimum atomic E-state index is 0.230. The summed E-state index contributed by atoms with van der Waals surface area (Å²) < 4.78 is 5.42. The minimum Gasteiger partial charge on any atom is -0.469 e. The van der Waals surface area contributed by atoms with Crippen LogP contribution in [0.4, 0.5) is 0 Å². The predicted molar refractivity (Wildman–Crippen MR) is 66.4 cm³/mol. The van der Waals surface area contributed by atoms with Gasteiger partial charge in [0.05, 0.1) is 6.26 Å². The van der Waals surface area contributed by atoms with Gasteiger partial charge in [-0.2, -0.15) is 0 Å². The van der Waals surface area contributed by atoms with E-state index in [9.17, 15) is 0 Å². The van der Waals surface area contributed by atoms with Crippen molar-refractivity contribution in [3.05, 3.63) is 24.2 Å². The fraction of sp³-hybridized carbons (Fsp3) is 0.714. The molecule has 2 rings (SSSR count). The Morgan fingerprint density at radius 2 is 2.25 bits per heavy atom. The van der Waals surface area contributed by atoms with Crippen molar-refractivity contribution in [1.82, 2.24) is 5.32 Å². The first kappa shape index (κ1) is 11.7. The second kappa shape index (κ2) is 3.92. The molecule has 1 aromatic rings. The summed E-state index contributed by atoms with van der Waals surface area (Å²) in [5, 5.41) is 3.59. The molecule has 0 amide bonds. The van der Waals surface area contributed by atoms with Crippen molar-refractivity contribution >= 4 is 0 Å². The summed E-state index contributed by atoms with van der Waals surface area (Å²) in [5.41, 5.74) is 0.685. The summed E-state index contributed by atoms with van der Waals surface area (Å²) in [6.45, 7) is 10.2. The quantitative estimate of drug-likeness (QED) is 0.844. The SMILES string of the molecule is CC(C)(C)NCC1CC1(C)Cc1ccco1. The molecule has 1 heterocycles. The number of nitrogens with one attached hydrogen (secondary N) is 1. The van der Waals surface area contributed by atoms with Gasteiger partial charge in [-0.1, -0.05) is 6.92 Å². The van der Waals surface area contributed by atoms with Crippen LogP contribution in [0.2, 0.25) is 0 Å². The summed E-state index contributed by atoms with van der Waals surface area (Å²) in [5.74, 6) is 1.93. The topological polar surface area (TPSA) is 25.2 Å². The average molecular weight is 221 g/mol. The Kier molecular flexibility index (Phi) is 2.87. The van der Waals surface area contributed by atoms with E-state index in [1.807, 2.05) is 6.07 Å². The van der Waals surface area contributed by atoms with Crippen LogP contribution < -0.4 is 5.32 Å². The molecular weight excluding hydrogens is 198 g/mol. The van der Waals surface area contributed by atoms with Crippen LogP contribution in [0.5, 0.6) is 0 Å². The number of hydrogen-bond acceptors (Lipinski definition) is 2.